The number of benzene rings is 14. The van der Waals surface area contributed by atoms with Crippen molar-refractivity contribution in [1.82, 2.24) is 13.7 Å². The van der Waals surface area contributed by atoms with E-state index in [9.17, 15) is 0 Å². The summed E-state index contributed by atoms with van der Waals surface area (Å²) in [6, 6.07) is 117. The maximum atomic E-state index is 2.65. The van der Waals surface area contributed by atoms with Gasteiger partial charge in [-0.05, 0) is 165 Å². The highest BCUT2D eigenvalue weighted by Crippen LogP contribution is 2.52. The van der Waals surface area contributed by atoms with Crippen LogP contribution < -0.4 is 26.2 Å². The first-order valence-corrected chi connectivity index (χ1v) is 34.9. The molecule has 0 bridgehead atoms. The van der Waals surface area contributed by atoms with Gasteiger partial charge in [0, 0.05) is 77.4 Å². The van der Waals surface area contributed by atoms with Crippen LogP contribution in [0.15, 0.2) is 309 Å². The van der Waals surface area contributed by atoms with Gasteiger partial charge in [0.15, 0.2) is 0 Å². The van der Waals surface area contributed by atoms with E-state index >= 15 is 0 Å². The summed E-state index contributed by atoms with van der Waals surface area (Å²) in [5.41, 5.74) is 31.3. The number of para-hydroxylation sites is 7. The highest BCUT2D eigenvalue weighted by molar-refractivity contribution is 7.00. The fourth-order valence-corrected chi connectivity index (χ4v) is 16.7. The molecule has 0 spiro atoms. The second-order valence-corrected chi connectivity index (χ2v) is 29.3. The molecule has 17 aromatic rings. The van der Waals surface area contributed by atoms with Gasteiger partial charge < -0.3 is 23.5 Å². The van der Waals surface area contributed by atoms with Crippen molar-refractivity contribution in [2.75, 3.05) is 9.80 Å². The van der Waals surface area contributed by atoms with Crippen molar-refractivity contribution in [3.63, 3.8) is 0 Å². The summed E-state index contributed by atoms with van der Waals surface area (Å²) in [4.78, 5) is 5.28. The lowest BCUT2D eigenvalue weighted by Gasteiger charge is -2.45. The quantitative estimate of drug-likeness (QED) is 0.141. The van der Waals surface area contributed by atoms with Gasteiger partial charge in [-0.2, -0.15) is 0 Å². The molecule has 472 valence electrons. The maximum absolute atomic E-state index is 2.65. The van der Waals surface area contributed by atoms with Gasteiger partial charge in [0.1, 0.15) is 0 Å². The molecule has 19 rings (SSSR count). The molecule has 2 aliphatic rings. The molecule has 0 radical (unpaired) electrons. The van der Waals surface area contributed by atoms with E-state index in [1.54, 1.807) is 0 Å². The third kappa shape index (κ3) is 9.01. The largest absolute Gasteiger partial charge is 0.311 e. The highest BCUT2D eigenvalue weighted by Gasteiger charge is 2.45. The molecule has 0 saturated carbocycles. The Morgan fingerprint density at radius 1 is 0.263 bits per heavy atom. The summed E-state index contributed by atoms with van der Waals surface area (Å²) in [5, 5.41) is 7.38. The van der Waals surface area contributed by atoms with Gasteiger partial charge in [0.25, 0.3) is 6.71 Å². The minimum Gasteiger partial charge on any atom is -0.311 e. The monoisotopic (exact) mass is 1270 g/mol. The lowest BCUT2D eigenvalue weighted by molar-refractivity contribution is 0.590. The summed E-state index contributed by atoms with van der Waals surface area (Å²) in [6.45, 7) is 16.0. The first-order valence-electron chi connectivity index (χ1n) is 34.9. The molecule has 5 heterocycles. The van der Waals surface area contributed by atoms with Crippen LogP contribution in [-0.2, 0) is 10.8 Å². The second kappa shape index (κ2) is 22.1. The van der Waals surface area contributed by atoms with Crippen molar-refractivity contribution in [2.24, 2.45) is 0 Å². The summed E-state index contributed by atoms with van der Waals surface area (Å²) < 4.78 is 7.63. The average Bonchev–Trinajstić information content (AvgIpc) is 1.08. The Kier molecular flexibility index (Phi) is 13.1. The minimum atomic E-state index is -0.174. The van der Waals surface area contributed by atoms with Crippen LogP contribution in [0.5, 0.6) is 0 Å². The van der Waals surface area contributed by atoms with Crippen molar-refractivity contribution in [3.8, 4) is 50.4 Å². The van der Waals surface area contributed by atoms with Crippen LogP contribution in [0.4, 0.5) is 34.1 Å². The fourth-order valence-electron chi connectivity index (χ4n) is 16.7. The third-order valence-electron chi connectivity index (χ3n) is 21.4. The molecule has 0 saturated heterocycles. The summed E-state index contributed by atoms with van der Waals surface area (Å²) in [6.07, 6.45) is 0. The topological polar surface area (TPSA) is 21.3 Å². The van der Waals surface area contributed by atoms with Gasteiger partial charge in [-0.3, -0.25) is 0 Å². The van der Waals surface area contributed by atoms with E-state index in [0.29, 0.717) is 0 Å². The SMILES string of the molecule is Cc1ccc2c(c1)N(c1ccccc1-c1ccccc1)c1cc(-c3cccc(-n4c5ccccc5c5ccccc54)c3-n3c4ccccc4c4ccccc43)cc3c1B2c1ccc(-n2c4ccc(C(C)(C)C)cc4c4cc(C(C)(C)C)ccc42)cc1N3c1ccccc1-c1ccccc1. The lowest BCUT2D eigenvalue weighted by atomic mass is 9.33. The summed E-state index contributed by atoms with van der Waals surface area (Å²) in [5.74, 6) is 0. The van der Waals surface area contributed by atoms with E-state index in [0.717, 1.165) is 101 Å². The zero-order chi connectivity index (χ0) is 66.6. The Bertz CT molecular complexity index is 5990. The van der Waals surface area contributed by atoms with Gasteiger partial charge in [-0.15, -0.1) is 0 Å². The van der Waals surface area contributed by atoms with E-state index in [1.807, 2.05) is 0 Å². The fraction of sp³-hybridized carbons (Fsp3) is 0.0968. The predicted molar refractivity (Wildman–Crippen MR) is 422 cm³/mol. The van der Waals surface area contributed by atoms with Gasteiger partial charge in [0.05, 0.1) is 55.8 Å². The summed E-state index contributed by atoms with van der Waals surface area (Å²) >= 11 is 0. The Labute approximate surface area is 578 Å². The Balaban J connectivity index is 0.975. The molecule has 5 nitrogen and oxygen atoms in total. The molecule has 6 heteroatoms. The lowest BCUT2D eigenvalue weighted by Crippen LogP contribution is -2.61. The maximum Gasteiger partial charge on any atom is 0.252 e. The number of nitrogens with zero attached hydrogens (tertiary/aromatic N) is 5. The zero-order valence-corrected chi connectivity index (χ0v) is 56.8. The molecule has 0 atom stereocenters. The van der Waals surface area contributed by atoms with E-state index in [1.165, 1.54) is 82.1 Å². The minimum absolute atomic E-state index is 0.0432. The number of fused-ring (bicyclic) bond motifs is 13. The molecule has 99 heavy (non-hydrogen) atoms. The van der Waals surface area contributed by atoms with Crippen LogP contribution >= 0.6 is 0 Å². The molecular weight excluding hydrogens is 1200 g/mol. The second-order valence-electron chi connectivity index (χ2n) is 29.3. The number of aromatic nitrogens is 3. The smallest absolute Gasteiger partial charge is 0.252 e. The van der Waals surface area contributed by atoms with Gasteiger partial charge >= 0.3 is 0 Å². The normalized spacial score (nSPS) is 12.9. The number of rotatable bonds is 8. The molecule has 0 fully saturated rings. The third-order valence-corrected chi connectivity index (χ3v) is 21.4. The molecule has 0 N–H and O–H groups in total. The van der Waals surface area contributed by atoms with Crippen LogP contribution in [0.2, 0.25) is 0 Å². The van der Waals surface area contributed by atoms with Crippen molar-refractivity contribution in [2.45, 2.75) is 59.3 Å². The predicted octanol–water partition coefficient (Wildman–Crippen LogP) is 23.0. The van der Waals surface area contributed by atoms with Crippen molar-refractivity contribution in [3.05, 3.63) is 326 Å². The molecule has 0 unspecified atom stereocenters. The van der Waals surface area contributed by atoms with E-state index < -0.39 is 0 Å². The molecular formula is C93H72BN5. The number of hydrogen-bond donors (Lipinski definition) is 0. The molecule has 2 aliphatic heterocycles. The van der Waals surface area contributed by atoms with E-state index in [-0.39, 0.29) is 17.5 Å². The number of hydrogen-bond acceptors (Lipinski definition) is 2. The number of anilines is 6. The van der Waals surface area contributed by atoms with Crippen molar-refractivity contribution < 1.29 is 0 Å². The van der Waals surface area contributed by atoms with Gasteiger partial charge in [-0.1, -0.05) is 254 Å². The highest BCUT2D eigenvalue weighted by atomic mass is 15.2. The van der Waals surface area contributed by atoms with E-state index in [2.05, 4.69) is 381 Å². The van der Waals surface area contributed by atoms with Gasteiger partial charge in [0.2, 0.25) is 0 Å². The average molecular weight is 1270 g/mol. The Hall–Kier alpha value is -11.9. The Morgan fingerprint density at radius 3 is 1.16 bits per heavy atom. The Morgan fingerprint density at radius 2 is 0.667 bits per heavy atom. The zero-order valence-electron chi connectivity index (χ0n) is 56.8. The van der Waals surface area contributed by atoms with Crippen LogP contribution in [0.1, 0.15) is 58.2 Å². The standard InChI is InChI=1S/C93H72BN5/c1-59-45-49-75-86(53-59)97(77-38-20-14-31-66(77)60-27-10-8-11-28-60)88-54-62(68-37-26-44-85(96-79-40-22-16-33-69(79)70-34-17-23-41-80(70)96)91(68)99-81-42-24-18-35-71(81)72-36-19-25-43-82(72)99)55-89-90(88)94(75)76-50-48-65(58-87(76)98(89)78-39-21-15-32-67(78)61-29-12-9-13-30-61)95-83-51-46-63(92(2,3)4)56-73(83)74-57-64(93(5,6)7)47-52-84(74)95/h8-58H,1-7H3. The summed E-state index contributed by atoms with van der Waals surface area (Å²) in [7, 11) is 0. The number of aryl methyl sites for hydroxylation is 1. The molecule has 14 aromatic carbocycles. The van der Waals surface area contributed by atoms with Crippen LogP contribution in [0, 0.1) is 6.92 Å². The van der Waals surface area contributed by atoms with Crippen LogP contribution in [0.3, 0.4) is 0 Å². The van der Waals surface area contributed by atoms with Gasteiger partial charge in [-0.25, -0.2) is 0 Å². The van der Waals surface area contributed by atoms with Crippen LogP contribution in [-0.4, -0.2) is 20.4 Å². The van der Waals surface area contributed by atoms with Crippen molar-refractivity contribution >= 4 is 123 Å². The molecule has 3 aromatic heterocycles. The molecule has 0 aliphatic carbocycles. The van der Waals surface area contributed by atoms with E-state index in [4.69, 9.17) is 0 Å². The first kappa shape index (κ1) is 58.5. The first-order chi connectivity index (χ1) is 48.3. The van der Waals surface area contributed by atoms with Crippen molar-refractivity contribution in [1.29, 1.82) is 0 Å². The molecule has 0 amide bonds. The van der Waals surface area contributed by atoms with Crippen LogP contribution in [0.25, 0.3) is 116 Å².